The third kappa shape index (κ3) is 4.06. The minimum absolute atomic E-state index is 0.0509. The van der Waals surface area contributed by atoms with Crippen LogP contribution < -0.4 is 5.32 Å². The summed E-state index contributed by atoms with van der Waals surface area (Å²) in [5.74, 6) is 0.0509. The number of rotatable bonds is 3. The molecular weight excluding hydrogens is 166 g/mol. The number of amides is 1. The van der Waals surface area contributed by atoms with Crippen molar-refractivity contribution in [2.45, 2.75) is 32.1 Å². The van der Waals surface area contributed by atoms with Crippen LogP contribution in [0, 0.1) is 0 Å². The molecule has 0 heterocycles. The molecule has 0 fully saturated rings. The van der Waals surface area contributed by atoms with E-state index in [-0.39, 0.29) is 17.2 Å². The first-order valence-electron chi connectivity index (χ1n) is 3.18. The van der Waals surface area contributed by atoms with Gasteiger partial charge in [-0.25, -0.2) is 0 Å². The summed E-state index contributed by atoms with van der Waals surface area (Å²) in [6.07, 6.45) is 0. The second-order valence-electron chi connectivity index (χ2n) is 2.41. The molecule has 1 amide bonds. The van der Waals surface area contributed by atoms with Crippen LogP contribution in [-0.2, 0) is 4.79 Å². The maximum atomic E-state index is 11.0. The van der Waals surface area contributed by atoms with Crippen LogP contribution in [0.25, 0.3) is 0 Å². The smallest absolute Gasteiger partial charge is 0.233 e. The van der Waals surface area contributed by atoms with Gasteiger partial charge in [-0.3, -0.25) is 4.79 Å². The van der Waals surface area contributed by atoms with Gasteiger partial charge in [0, 0.05) is 6.04 Å². The van der Waals surface area contributed by atoms with Gasteiger partial charge in [0.1, 0.15) is 0 Å². The Bertz CT molecular complexity index is 116. The number of carbonyl (C=O) groups excluding carboxylic acids is 1. The lowest BCUT2D eigenvalue weighted by atomic mass is 10.3. The van der Waals surface area contributed by atoms with Crippen molar-refractivity contribution in [1.29, 1.82) is 0 Å². The van der Waals surface area contributed by atoms with Gasteiger partial charge in [0.25, 0.3) is 0 Å². The Labute approximate surface area is 71.0 Å². The Morgan fingerprint density at radius 1 is 1.50 bits per heavy atom. The van der Waals surface area contributed by atoms with Crippen molar-refractivity contribution < 1.29 is 4.79 Å². The fourth-order valence-electron chi connectivity index (χ4n) is 0.450. The fourth-order valence-corrected chi connectivity index (χ4v) is 0.901. The van der Waals surface area contributed by atoms with E-state index in [4.69, 9.17) is 0 Å². The molecule has 0 saturated carbocycles. The molecule has 4 heteroatoms. The molecule has 0 aliphatic carbocycles. The van der Waals surface area contributed by atoms with Crippen LogP contribution in [0.5, 0.6) is 0 Å². The molecule has 60 valence electrons. The van der Waals surface area contributed by atoms with Crippen molar-refractivity contribution in [2.24, 2.45) is 0 Å². The molecule has 0 saturated heterocycles. The Balaban J connectivity index is 3.62. The summed E-state index contributed by atoms with van der Waals surface area (Å²) in [6.45, 7) is 5.71. The zero-order valence-electron chi connectivity index (χ0n) is 6.42. The molecule has 0 rings (SSSR count). The molecule has 0 bridgehead atoms. The molecule has 0 radical (unpaired) electrons. The van der Waals surface area contributed by atoms with E-state index in [1.54, 1.807) is 0 Å². The van der Waals surface area contributed by atoms with Crippen molar-refractivity contribution in [3.8, 4) is 0 Å². The van der Waals surface area contributed by atoms with Crippen LogP contribution in [0.3, 0.4) is 0 Å². The summed E-state index contributed by atoms with van der Waals surface area (Å²) in [7, 11) is 1.26. The maximum absolute atomic E-state index is 11.0. The lowest BCUT2D eigenvalue weighted by Gasteiger charge is -2.11. The lowest BCUT2D eigenvalue weighted by molar-refractivity contribution is -0.120. The van der Waals surface area contributed by atoms with Gasteiger partial charge < -0.3 is 5.32 Å². The zero-order valence-corrected chi connectivity index (χ0v) is 8.13. The van der Waals surface area contributed by atoms with E-state index in [1.165, 1.54) is 10.8 Å². The van der Waals surface area contributed by atoms with Crippen molar-refractivity contribution in [3.05, 3.63) is 0 Å². The molecule has 0 aromatic carbocycles. The third-order valence-electron chi connectivity index (χ3n) is 0.958. The minimum atomic E-state index is -0.0641. The van der Waals surface area contributed by atoms with Gasteiger partial charge in [-0.2, -0.15) is 0 Å². The minimum Gasteiger partial charge on any atom is -0.353 e. The number of hydrogen-bond acceptors (Lipinski definition) is 3. The van der Waals surface area contributed by atoms with E-state index >= 15 is 0 Å². The van der Waals surface area contributed by atoms with Crippen LogP contribution in [0.1, 0.15) is 20.8 Å². The average molecular weight is 179 g/mol. The summed E-state index contributed by atoms with van der Waals surface area (Å²) in [5, 5.41) is 2.72. The molecule has 10 heavy (non-hydrogen) atoms. The lowest BCUT2D eigenvalue weighted by Crippen LogP contribution is -2.35. The van der Waals surface area contributed by atoms with Crippen LogP contribution in [0.4, 0.5) is 0 Å². The van der Waals surface area contributed by atoms with Crippen LogP contribution in [0.15, 0.2) is 0 Å². The standard InChI is InChI=1S/C6H13NOS2/c1-4(2)7-6(8)5(3)10-9/h4-5,9H,1-3H3,(H,7,8). The third-order valence-corrected chi connectivity index (χ3v) is 2.44. The van der Waals surface area contributed by atoms with Gasteiger partial charge in [-0.1, -0.05) is 10.8 Å². The van der Waals surface area contributed by atoms with Crippen molar-refractivity contribution >= 4 is 28.4 Å². The van der Waals surface area contributed by atoms with E-state index in [1.807, 2.05) is 20.8 Å². The predicted molar refractivity (Wildman–Crippen MR) is 49.3 cm³/mol. The molecule has 1 unspecified atom stereocenters. The predicted octanol–water partition coefficient (Wildman–Crippen LogP) is 1.48. The summed E-state index contributed by atoms with van der Waals surface area (Å²) in [5.41, 5.74) is 0. The van der Waals surface area contributed by atoms with Gasteiger partial charge in [0.05, 0.1) is 5.25 Å². The largest absolute Gasteiger partial charge is 0.353 e. The highest BCUT2D eigenvalue weighted by Crippen LogP contribution is 2.13. The summed E-state index contributed by atoms with van der Waals surface area (Å²) >= 11 is 3.93. The average Bonchev–Trinajstić information content (AvgIpc) is 1.85. The summed E-state index contributed by atoms with van der Waals surface area (Å²) in [6, 6.07) is 0.218. The van der Waals surface area contributed by atoms with Gasteiger partial charge in [0.2, 0.25) is 5.91 Å². The first-order valence-corrected chi connectivity index (χ1v) is 5.11. The highest BCUT2D eigenvalue weighted by Gasteiger charge is 2.11. The normalized spacial score (nSPS) is 13.3. The second kappa shape index (κ2) is 4.91. The van der Waals surface area contributed by atoms with Gasteiger partial charge in [0.15, 0.2) is 0 Å². The van der Waals surface area contributed by atoms with Gasteiger partial charge >= 0.3 is 0 Å². The van der Waals surface area contributed by atoms with Crippen molar-refractivity contribution in [1.82, 2.24) is 5.32 Å². The Hall–Kier alpha value is 0.170. The quantitative estimate of drug-likeness (QED) is 0.507. The molecule has 0 aliphatic rings. The monoisotopic (exact) mass is 179 g/mol. The molecule has 1 N–H and O–H groups in total. The maximum Gasteiger partial charge on any atom is 0.233 e. The van der Waals surface area contributed by atoms with E-state index in [2.05, 4.69) is 17.0 Å². The fraction of sp³-hybridized carbons (Fsp3) is 0.833. The highest BCUT2D eigenvalue weighted by atomic mass is 33.1. The Kier molecular flexibility index (Phi) is 4.99. The topological polar surface area (TPSA) is 29.1 Å². The van der Waals surface area contributed by atoms with Crippen LogP contribution in [-0.4, -0.2) is 17.2 Å². The Morgan fingerprint density at radius 2 is 2.00 bits per heavy atom. The van der Waals surface area contributed by atoms with E-state index in [9.17, 15) is 4.79 Å². The zero-order chi connectivity index (χ0) is 8.15. The molecule has 0 aromatic rings. The van der Waals surface area contributed by atoms with Gasteiger partial charge in [-0.05, 0) is 20.8 Å². The van der Waals surface area contributed by atoms with E-state index in [0.29, 0.717) is 0 Å². The number of nitrogens with one attached hydrogen (secondary N) is 1. The second-order valence-corrected chi connectivity index (χ2v) is 3.96. The van der Waals surface area contributed by atoms with E-state index < -0.39 is 0 Å². The summed E-state index contributed by atoms with van der Waals surface area (Å²) in [4.78, 5) is 11.0. The molecule has 0 spiro atoms. The van der Waals surface area contributed by atoms with Crippen molar-refractivity contribution in [2.75, 3.05) is 0 Å². The van der Waals surface area contributed by atoms with Gasteiger partial charge in [-0.15, -0.1) is 11.7 Å². The highest BCUT2D eigenvalue weighted by molar-refractivity contribution is 8.69. The van der Waals surface area contributed by atoms with Crippen LogP contribution in [0.2, 0.25) is 0 Å². The number of hydrogen-bond donors (Lipinski definition) is 2. The first-order chi connectivity index (χ1) is 4.57. The molecule has 2 nitrogen and oxygen atoms in total. The molecule has 0 aliphatic heterocycles. The molecule has 1 atom stereocenters. The van der Waals surface area contributed by atoms with Crippen LogP contribution >= 0.6 is 22.5 Å². The first kappa shape index (κ1) is 10.2. The SMILES string of the molecule is CC(C)NC(=O)C(C)SS. The van der Waals surface area contributed by atoms with E-state index in [0.717, 1.165) is 0 Å². The molecular formula is C6H13NOS2. The number of thiol groups is 1. The van der Waals surface area contributed by atoms with Crippen molar-refractivity contribution in [3.63, 3.8) is 0 Å². The Morgan fingerprint density at radius 3 is 2.30 bits per heavy atom. The summed E-state index contributed by atoms with van der Waals surface area (Å²) < 4.78 is 0. The number of carbonyl (C=O) groups is 1. The molecule has 0 aromatic heterocycles.